The summed E-state index contributed by atoms with van der Waals surface area (Å²) in [6.07, 6.45) is 2.50. The first kappa shape index (κ1) is 16.6. The Hall–Kier alpha value is -1.30. The minimum absolute atomic E-state index is 0.0704. The molecule has 3 rings (SSSR count). The summed E-state index contributed by atoms with van der Waals surface area (Å²) in [7, 11) is 0. The number of halogens is 1. The summed E-state index contributed by atoms with van der Waals surface area (Å²) in [6.45, 7) is 3.00. The average molecular weight is 338 g/mol. The van der Waals surface area contributed by atoms with E-state index in [1.807, 2.05) is 12.1 Å². The molecule has 1 amide bonds. The van der Waals surface area contributed by atoms with Gasteiger partial charge in [-0.2, -0.15) is 0 Å². The molecule has 5 nitrogen and oxygen atoms in total. The molecule has 2 atom stereocenters. The van der Waals surface area contributed by atoms with Gasteiger partial charge in [0.15, 0.2) is 0 Å². The molecule has 2 heterocycles. The lowest BCUT2D eigenvalue weighted by Gasteiger charge is -2.37. The van der Waals surface area contributed by atoms with Crippen LogP contribution in [0.4, 0.5) is 4.79 Å². The fourth-order valence-corrected chi connectivity index (χ4v) is 3.92. The summed E-state index contributed by atoms with van der Waals surface area (Å²) >= 11 is 5.93. The highest BCUT2D eigenvalue weighted by molar-refractivity contribution is 6.30. The molecule has 0 spiro atoms. The number of nitrogens with two attached hydrogens (primary N) is 1. The van der Waals surface area contributed by atoms with Gasteiger partial charge in [0.05, 0.1) is 0 Å². The Kier molecular flexibility index (Phi) is 5.09. The van der Waals surface area contributed by atoms with Gasteiger partial charge in [0, 0.05) is 30.2 Å². The smallest absolute Gasteiger partial charge is 0.407 e. The van der Waals surface area contributed by atoms with Crippen molar-refractivity contribution in [2.24, 2.45) is 11.7 Å². The van der Waals surface area contributed by atoms with Crippen molar-refractivity contribution in [2.75, 3.05) is 26.2 Å². The molecule has 0 aromatic heterocycles. The number of nitrogens with zero attached hydrogens (tertiary/aromatic N) is 2. The SMILES string of the molecule is N[C@@H]1CN(C(=O)O)C[C@H]1N1CCC(Cc2ccc(Cl)cc2)CC1. The molecule has 2 fully saturated rings. The van der Waals surface area contributed by atoms with Crippen molar-refractivity contribution in [3.63, 3.8) is 0 Å². The van der Waals surface area contributed by atoms with Gasteiger partial charge in [-0.15, -0.1) is 0 Å². The highest BCUT2D eigenvalue weighted by atomic mass is 35.5. The van der Waals surface area contributed by atoms with Crippen LogP contribution in [0.15, 0.2) is 24.3 Å². The van der Waals surface area contributed by atoms with Crippen molar-refractivity contribution in [2.45, 2.75) is 31.3 Å². The van der Waals surface area contributed by atoms with Gasteiger partial charge in [0.1, 0.15) is 0 Å². The van der Waals surface area contributed by atoms with Crippen LogP contribution in [0, 0.1) is 5.92 Å². The van der Waals surface area contributed by atoms with Gasteiger partial charge in [-0.25, -0.2) is 4.79 Å². The third-order valence-corrected chi connectivity index (χ3v) is 5.41. The molecule has 6 heteroatoms. The van der Waals surface area contributed by atoms with Gasteiger partial charge in [-0.3, -0.25) is 4.90 Å². The number of likely N-dealkylation sites (tertiary alicyclic amines) is 2. The third-order valence-electron chi connectivity index (χ3n) is 5.16. The maximum Gasteiger partial charge on any atom is 0.407 e. The number of carboxylic acid groups (broad SMARTS) is 1. The second kappa shape index (κ2) is 7.07. The summed E-state index contributed by atoms with van der Waals surface area (Å²) in [6, 6.07) is 8.20. The van der Waals surface area contributed by atoms with E-state index in [2.05, 4.69) is 17.0 Å². The molecule has 0 bridgehead atoms. The second-order valence-electron chi connectivity index (χ2n) is 6.73. The van der Waals surface area contributed by atoms with Crippen molar-refractivity contribution < 1.29 is 9.90 Å². The van der Waals surface area contributed by atoms with E-state index in [4.69, 9.17) is 22.4 Å². The lowest BCUT2D eigenvalue weighted by molar-refractivity contribution is 0.121. The molecule has 2 aliphatic heterocycles. The zero-order valence-electron chi connectivity index (χ0n) is 13.2. The van der Waals surface area contributed by atoms with Crippen LogP contribution in [0.1, 0.15) is 18.4 Å². The minimum Gasteiger partial charge on any atom is -0.465 e. The molecule has 3 N–H and O–H groups in total. The van der Waals surface area contributed by atoms with E-state index in [9.17, 15) is 4.79 Å². The molecule has 126 valence electrons. The van der Waals surface area contributed by atoms with Crippen molar-refractivity contribution in [3.05, 3.63) is 34.9 Å². The van der Waals surface area contributed by atoms with Gasteiger partial charge in [-0.05, 0) is 56.0 Å². The van der Waals surface area contributed by atoms with Crippen LogP contribution in [0.5, 0.6) is 0 Å². The topological polar surface area (TPSA) is 69.8 Å². The van der Waals surface area contributed by atoms with E-state index < -0.39 is 6.09 Å². The Balaban J connectivity index is 1.50. The van der Waals surface area contributed by atoms with Gasteiger partial charge in [0.2, 0.25) is 0 Å². The highest BCUT2D eigenvalue weighted by Gasteiger charge is 2.37. The number of hydrogen-bond donors (Lipinski definition) is 2. The molecular weight excluding hydrogens is 314 g/mol. The van der Waals surface area contributed by atoms with Crippen LogP contribution in [0.25, 0.3) is 0 Å². The lowest BCUT2D eigenvalue weighted by atomic mass is 9.89. The van der Waals surface area contributed by atoms with Crippen LogP contribution in [-0.2, 0) is 6.42 Å². The zero-order chi connectivity index (χ0) is 16.4. The van der Waals surface area contributed by atoms with Gasteiger partial charge < -0.3 is 15.7 Å². The van der Waals surface area contributed by atoms with E-state index in [0.717, 1.165) is 37.4 Å². The Morgan fingerprint density at radius 2 is 1.87 bits per heavy atom. The zero-order valence-corrected chi connectivity index (χ0v) is 14.0. The summed E-state index contributed by atoms with van der Waals surface area (Å²) in [5.41, 5.74) is 7.49. The normalized spacial score (nSPS) is 26.6. The second-order valence-corrected chi connectivity index (χ2v) is 7.17. The van der Waals surface area contributed by atoms with Gasteiger partial charge >= 0.3 is 6.09 Å². The number of rotatable bonds is 3. The standard InChI is InChI=1S/C17H24ClN3O2/c18-14-3-1-12(2-4-14)9-13-5-7-20(8-6-13)16-11-21(17(22)23)10-15(16)19/h1-4,13,15-16H,5-11,19H2,(H,22,23)/t15-,16-/m1/s1. The molecule has 2 saturated heterocycles. The Labute approximate surface area is 142 Å². The Morgan fingerprint density at radius 1 is 1.22 bits per heavy atom. The van der Waals surface area contributed by atoms with Crippen molar-refractivity contribution >= 4 is 17.7 Å². The molecule has 0 aliphatic carbocycles. The quantitative estimate of drug-likeness (QED) is 0.887. The lowest BCUT2D eigenvalue weighted by Crippen LogP contribution is -2.50. The molecule has 0 saturated carbocycles. The van der Waals surface area contributed by atoms with Crippen LogP contribution in [0.2, 0.25) is 5.02 Å². The maximum atomic E-state index is 11.1. The maximum absolute atomic E-state index is 11.1. The van der Waals surface area contributed by atoms with Gasteiger partial charge in [0.25, 0.3) is 0 Å². The first-order chi connectivity index (χ1) is 11.0. The summed E-state index contributed by atoms with van der Waals surface area (Å²) < 4.78 is 0. The van der Waals surface area contributed by atoms with E-state index >= 15 is 0 Å². The third kappa shape index (κ3) is 3.97. The van der Waals surface area contributed by atoms with Crippen molar-refractivity contribution in [1.82, 2.24) is 9.80 Å². The van der Waals surface area contributed by atoms with E-state index in [-0.39, 0.29) is 12.1 Å². The summed E-state index contributed by atoms with van der Waals surface area (Å²) in [5, 5.41) is 9.89. The number of carbonyl (C=O) groups is 1. The monoisotopic (exact) mass is 337 g/mol. The van der Waals surface area contributed by atoms with E-state index in [1.54, 1.807) is 0 Å². The van der Waals surface area contributed by atoms with Gasteiger partial charge in [-0.1, -0.05) is 23.7 Å². The van der Waals surface area contributed by atoms with Crippen molar-refractivity contribution in [1.29, 1.82) is 0 Å². The summed E-state index contributed by atoms with van der Waals surface area (Å²) in [5.74, 6) is 0.681. The van der Waals surface area contributed by atoms with Crippen LogP contribution in [0.3, 0.4) is 0 Å². The number of amides is 1. The molecule has 1 aromatic rings. The Bertz CT molecular complexity index is 543. The summed E-state index contributed by atoms with van der Waals surface area (Å²) in [4.78, 5) is 14.9. The molecule has 1 aromatic carbocycles. The van der Waals surface area contributed by atoms with E-state index in [0.29, 0.717) is 19.0 Å². The average Bonchev–Trinajstić information content (AvgIpc) is 2.93. The van der Waals surface area contributed by atoms with Crippen molar-refractivity contribution in [3.8, 4) is 0 Å². The van der Waals surface area contributed by atoms with Crippen LogP contribution in [-0.4, -0.2) is 59.3 Å². The first-order valence-corrected chi connectivity index (χ1v) is 8.62. The molecular formula is C17H24ClN3O2. The number of piperidine rings is 1. The predicted octanol–water partition coefficient (Wildman–Crippen LogP) is 2.28. The van der Waals surface area contributed by atoms with Crippen LogP contribution >= 0.6 is 11.6 Å². The number of hydrogen-bond acceptors (Lipinski definition) is 3. The van der Waals surface area contributed by atoms with Crippen LogP contribution < -0.4 is 5.73 Å². The Morgan fingerprint density at radius 3 is 2.43 bits per heavy atom. The number of benzene rings is 1. The molecule has 23 heavy (non-hydrogen) atoms. The fourth-order valence-electron chi connectivity index (χ4n) is 3.80. The fraction of sp³-hybridized carbons (Fsp3) is 0.588. The highest BCUT2D eigenvalue weighted by Crippen LogP contribution is 2.26. The molecule has 2 aliphatic rings. The van der Waals surface area contributed by atoms with E-state index in [1.165, 1.54) is 10.5 Å². The minimum atomic E-state index is -0.861. The first-order valence-electron chi connectivity index (χ1n) is 8.25. The molecule has 0 unspecified atom stereocenters. The molecule has 0 radical (unpaired) electrons. The largest absolute Gasteiger partial charge is 0.465 e. The predicted molar refractivity (Wildman–Crippen MR) is 90.8 cm³/mol.